The molecule has 0 N–H and O–H groups in total. The van der Waals surface area contributed by atoms with Crippen LogP contribution in [-0.4, -0.2) is 16.4 Å². The number of carbonyl (C=O) groups excluding carboxylic acids is 1. The molecular weight excluding hydrogens is 322 g/mol. The first-order valence-corrected chi connectivity index (χ1v) is 8.86. The standard InChI is InChI=1S/C19H19NO3S/c1-13-18(2,3)19(24-13)20(15-11-7-8-12-16(15)23-19)17(21)22-14-9-5-4-6-10-14/h4-13H,1-3H3. The van der Waals surface area contributed by atoms with Gasteiger partial charge in [-0.05, 0) is 24.3 Å². The summed E-state index contributed by atoms with van der Waals surface area (Å²) in [6.07, 6.45) is -0.418. The maximum absolute atomic E-state index is 13.0. The van der Waals surface area contributed by atoms with Gasteiger partial charge in [0.2, 0.25) is 5.06 Å². The van der Waals surface area contributed by atoms with E-state index < -0.39 is 11.2 Å². The Morgan fingerprint density at radius 1 is 1.12 bits per heavy atom. The van der Waals surface area contributed by atoms with Crippen LogP contribution < -0.4 is 14.4 Å². The van der Waals surface area contributed by atoms with Crippen molar-refractivity contribution in [3.05, 3.63) is 54.6 Å². The predicted molar refractivity (Wildman–Crippen MR) is 95.6 cm³/mol. The van der Waals surface area contributed by atoms with Gasteiger partial charge in [0.05, 0.1) is 5.69 Å². The van der Waals surface area contributed by atoms with Gasteiger partial charge in [-0.3, -0.25) is 0 Å². The van der Waals surface area contributed by atoms with Gasteiger partial charge in [0.15, 0.2) is 0 Å². The monoisotopic (exact) mass is 341 g/mol. The topological polar surface area (TPSA) is 38.8 Å². The Hall–Kier alpha value is -2.14. The van der Waals surface area contributed by atoms with Crippen molar-refractivity contribution in [2.75, 3.05) is 4.90 Å². The summed E-state index contributed by atoms with van der Waals surface area (Å²) >= 11 is 1.65. The fourth-order valence-electron chi connectivity index (χ4n) is 3.17. The Balaban J connectivity index is 1.74. The number of benzene rings is 2. The first-order chi connectivity index (χ1) is 11.5. The zero-order chi connectivity index (χ0) is 16.9. The van der Waals surface area contributed by atoms with Gasteiger partial charge in [0, 0.05) is 10.7 Å². The molecule has 0 radical (unpaired) electrons. The number of ether oxygens (including phenoxy) is 2. The maximum Gasteiger partial charge on any atom is 0.423 e. The van der Waals surface area contributed by atoms with Gasteiger partial charge in [0.25, 0.3) is 0 Å². The molecule has 2 aliphatic heterocycles. The number of para-hydroxylation sites is 3. The van der Waals surface area contributed by atoms with Crippen LogP contribution in [0.15, 0.2) is 54.6 Å². The first-order valence-electron chi connectivity index (χ1n) is 7.99. The number of carbonyl (C=O) groups is 1. The van der Waals surface area contributed by atoms with Crippen molar-refractivity contribution >= 4 is 23.5 Å². The zero-order valence-corrected chi connectivity index (χ0v) is 14.7. The van der Waals surface area contributed by atoms with Gasteiger partial charge >= 0.3 is 6.09 Å². The fourth-order valence-corrected chi connectivity index (χ4v) is 4.81. The van der Waals surface area contributed by atoms with E-state index >= 15 is 0 Å². The molecule has 2 unspecified atom stereocenters. The summed E-state index contributed by atoms with van der Waals surface area (Å²) in [5.41, 5.74) is 0.553. The van der Waals surface area contributed by atoms with Crippen molar-refractivity contribution in [2.24, 2.45) is 5.41 Å². The van der Waals surface area contributed by atoms with E-state index in [1.165, 1.54) is 0 Å². The van der Waals surface area contributed by atoms with Crippen LogP contribution in [0.1, 0.15) is 20.8 Å². The summed E-state index contributed by atoms with van der Waals surface area (Å²) in [7, 11) is 0. The second-order valence-electron chi connectivity index (χ2n) is 6.65. The van der Waals surface area contributed by atoms with Gasteiger partial charge in [0.1, 0.15) is 11.5 Å². The summed E-state index contributed by atoms with van der Waals surface area (Å²) in [5.74, 6) is 1.24. The van der Waals surface area contributed by atoms with Crippen molar-refractivity contribution in [3.63, 3.8) is 0 Å². The van der Waals surface area contributed by atoms with E-state index in [4.69, 9.17) is 9.47 Å². The largest absolute Gasteiger partial charge is 0.455 e. The Morgan fingerprint density at radius 2 is 1.79 bits per heavy atom. The third-order valence-electron chi connectivity index (χ3n) is 4.95. The van der Waals surface area contributed by atoms with E-state index in [1.807, 2.05) is 42.5 Å². The van der Waals surface area contributed by atoms with E-state index in [-0.39, 0.29) is 5.41 Å². The van der Waals surface area contributed by atoms with Crippen LogP contribution in [0.2, 0.25) is 0 Å². The maximum atomic E-state index is 13.0. The summed E-state index contributed by atoms with van der Waals surface area (Å²) in [6.45, 7) is 6.41. The minimum absolute atomic E-state index is 0.202. The molecule has 0 aliphatic carbocycles. The molecular formula is C19H19NO3S. The second-order valence-corrected chi connectivity index (χ2v) is 8.15. The third-order valence-corrected chi connectivity index (χ3v) is 7.00. The van der Waals surface area contributed by atoms with Crippen LogP contribution in [0, 0.1) is 5.41 Å². The van der Waals surface area contributed by atoms with E-state index in [1.54, 1.807) is 28.8 Å². The molecule has 24 heavy (non-hydrogen) atoms. The smallest absolute Gasteiger partial charge is 0.423 e. The summed E-state index contributed by atoms with van der Waals surface area (Å²) < 4.78 is 11.9. The number of rotatable bonds is 1. The zero-order valence-electron chi connectivity index (χ0n) is 13.9. The minimum Gasteiger partial charge on any atom is -0.455 e. The molecule has 4 nitrogen and oxygen atoms in total. The molecule has 0 aromatic heterocycles. The fraction of sp³-hybridized carbons (Fsp3) is 0.316. The molecule has 0 saturated carbocycles. The van der Waals surface area contributed by atoms with Crippen molar-refractivity contribution in [3.8, 4) is 11.5 Å². The molecule has 2 atom stereocenters. The molecule has 2 aliphatic rings. The molecule has 1 fully saturated rings. The van der Waals surface area contributed by atoms with Crippen LogP contribution >= 0.6 is 11.8 Å². The Labute approximate surface area is 145 Å². The summed E-state index contributed by atoms with van der Waals surface area (Å²) in [4.78, 5) is 14.7. The lowest BCUT2D eigenvalue weighted by Crippen LogP contribution is -2.70. The normalized spacial score (nSPS) is 26.5. The van der Waals surface area contributed by atoms with Gasteiger partial charge in [-0.2, -0.15) is 0 Å². The Kier molecular flexibility index (Phi) is 3.32. The van der Waals surface area contributed by atoms with Crippen LogP contribution in [0.4, 0.5) is 10.5 Å². The second kappa shape index (κ2) is 5.18. The molecule has 1 spiro atoms. The highest BCUT2D eigenvalue weighted by Crippen LogP contribution is 2.66. The van der Waals surface area contributed by atoms with E-state index in [0.717, 1.165) is 11.4 Å². The van der Waals surface area contributed by atoms with Crippen molar-refractivity contribution < 1.29 is 14.3 Å². The predicted octanol–water partition coefficient (Wildman–Crippen LogP) is 4.90. The van der Waals surface area contributed by atoms with Crippen molar-refractivity contribution in [2.45, 2.75) is 31.1 Å². The molecule has 1 saturated heterocycles. The van der Waals surface area contributed by atoms with Crippen LogP contribution in [0.3, 0.4) is 0 Å². The number of fused-ring (bicyclic) bond motifs is 1. The average Bonchev–Trinajstić information content (AvgIpc) is 2.92. The summed E-state index contributed by atoms with van der Waals surface area (Å²) in [6, 6.07) is 16.7. The van der Waals surface area contributed by atoms with Gasteiger partial charge in [-0.25, -0.2) is 9.69 Å². The number of hydrogen-bond acceptors (Lipinski definition) is 4. The number of amides is 1. The third kappa shape index (κ3) is 1.97. The number of thioether (sulfide) groups is 1. The molecule has 5 heteroatoms. The highest BCUT2D eigenvalue weighted by atomic mass is 32.2. The molecule has 124 valence electrons. The average molecular weight is 341 g/mol. The number of anilines is 1. The van der Waals surface area contributed by atoms with Gasteiger partial charge in [-0.1, -0.05) is 62.9 Å². The van der Waals surface area contributed by atoms with Gasteiger partial charge < -0.3 is 9.47 Å². The lowest BCUT2D eigenvalue weighted by Gasteiger charge is -2.58. The number of nitrogens with zero attached hydrogens (tertiary/aromatic N) is 1. The summed E-state index contributed by atoms with van der Waals surface area (Å²) in [5, 5.41) is -0.388. The lowest BCUT2D eigenvalue weighted by atomic mass is 9.84. The minimum atomic E-state index is -0.762. The van der Waals surface area contributed by atoms with Crippen molar-refractivity contribution in [1.82, 2.24) is 0 Å². The molecule has 2 aromatic rings. The molecule has 0 bridgehead atoms. The number of hydrogen-bond donors (Lipinski definition) is 0. The Morgan fingerprint density at radius 3 is 2.46 bits per heavy atom. The lowest BCUT2D eigenvalue weighted by molar-refractivity contribution is 0.0299. The molecule has 1 amide bonds. The van der Waals surface area contributed by atoms with Crippen molar-refractivity contribution in [1.29, 1.82) is 0 Å². The van der Waals surface area contributed by atoms with Gasteiger partial charge in [-0.15, -0.1) is 0 Å². The Bertz CT molecular complexity index is 792. The molecule has 2 heterocycles. The van der Waals surface area contributed by atoms with Crippen LogP contribution in [0.25, 0.3) is 0 Å². The van der Waals surface area contributed by atoms with E-state index in [9.17, 15) is 4.79 Å². The van der Waals surface area contributed by atoms with Crippen LogP contribution in [0.5, 0.6) is 11.5 Å². The first kappa shape index (κ1) is 15.4. The molecule has 4 rings (SSSR count). The van der Waals surface area contributed by atoms with Crippen LogP contribution in [-0.2, 0) is 0 Å². The quantitative estimate of drug-likeness (QED) is 0.739. The SMILES string of the molecule is CC1SC2(Oc3ccccc3N2C(=O)Oc2ccccc2)C1(C)C. The highest BCUT2D eigenvalue weighted by molar-refractivity contribution is 8.02. The van der Waals surface area contributed by atoms with E-state index in [2.05, 4.69) is 20.8 Å². The van der Waals surface area contributed by atoms with E-state index in [0.29, 0.717) is 11.0 Å². The highest BCUT2D eigenvalue weighted by Gasteiger charge is 2.70. The molecule has 2 aromatic carbocycles.